The predicted octanol–water partition coefficient (Wildman–Crippen LogP) is 1.30. The van der Waals surface area contributed by atoms with Crippen molar-refractivity contribution in [2.75, 3.05) is 5.75 Å². The van der Waals surface area contributed by atoms with E-state index in [1.54, 1.807) is 30.3 Å². The number of aliphatic carboxylic acids is 1. The largest absolute Gasteiger partial charge is 0.477 e. The Labute approximate surface area is 93.1 Å². The number of hydrogen-bond acceptors (Lipinski definition) is 3. The number of sulfone groups is 1. The minimum absolute atomic E-state index is 0.112. The predicted molar refractivity (Wildman–Crippen MR) is 59.4 cm³/mol. The van der Waals surface area contributed by atoms with E-state index < -0.39 is 20.7 Å². The van der Waals surface area contributed by atoms with Gasteiger partial charge in [-0.3, -0.25) is 0 Å². The molecule has 0 aliphatic carbocycles. The molecule has 0 amide bonds. The Balaban J connectivity index is 2.64. The topological polar surface area (TPSA) is 71.4 Å². The molecule has 1 N–H and O–H groups in total. The van der Waals surface area contributed by atoms with Crippen LogP contribution in [0.15, 0.2) is 35.2 Å². The number of carbonyl (C=O) groups is 1. The van der Waals surface area contributed by atoms with Gasteiger partial charge >= 0.3 is 5.97 Å². The van der Waals surface area contributed by atoms with E-state index in [-0.39, 0.29) is 12.2 Å². The van der Waals surface area contributed by atoms with Crippen LogP contribution in [0.5, 0.6) is 0 Å². The van der Waals surface area contributed by atoms with Crippen LogP contribution in [0.4, 0.5) is 0 Å². The van der Waals surface area contributed by atoms with Crippen molar-refractivity contribution in [3.05, 3.63) is 40.8 Å². The van der Waals surface area contributed by atoms with Gasteiger partial charge in [-0.1, -0.05) is 30.3 Å². The zero-order valence-corrected chi connectivity index (χ0v) is 9.20. The van der Waals surface area contributed by atoms with Crippen LogP contribution in [0.25, 0.3) is 5.57 Å². The maximum absolute atomic E-state index is 11.5. The Morgan fingerprint density at radius 1 is 1.19 bits per heavy atom. The van der Waals surface area contributed by atoms with Gasteiger partial charge in [-0.25, -0.2) is 13.2 Å². The summed E-state index contributed by atoms with van der Waals surface area (Å²) in [5.41, 5.74) is 1.08. The third kappa shape index (κ3) is 1.74. The Bertz CT molecular complexity index is 555. The monoisotopic (exact) mass is 238 g/mol. The molecule has 1 aromatic rings. The molecule has 0 radical (unpaired) electrons. The second-order valence-corrected chi connectivity index (χ2v) is 5.59. The van der Waals surface area contributed by atoms with Crippen molar-refractivity contribution in [2.45, 2.75) is 6.42 Å². The van der Waals surface area contributed by atoms with Crippen LogP contribution in [0.3, 0.4) is 0 Å². The van der Waals surface area contributed by atoms with E-state index in [0.29, 0.717) is 11.1 Å². The number of carboxylic acid groups (broad SMARTS) is 1. The lowest BCUT2D eigenvalue weighted by Crippen LogP contribution is -2.11. The second kappa shape index (κ2) is 3.75. The third-order valence-corrected chi connectivity index (χ3v) is 4.31. The Morgan fingerprint density at radius 2 is 1.81 bits per heavy atom. The molecule has 0 saturated carbocycles. The SMILES string of the molecule is O=C(O)C1=C(c2ccccc2)CCS1(=O)=O. The summed E-state index contributed by atoms with van der Waals surface area (Å²) in [6.45, 7) is 0. The molecule has 1 aliphatic rings. The van der Waals surface area contributed by atoms with Crippen molar-refractivity contribution in [1.82, 2.24) is 0 Å². The summed E-state index contributed by atoms with van der Waals surface area (Å²) in [6.07, 6.45) is 0.272. The highest BCUT2D eigenvalue weighted by Crippen LogP contribution is 2.33. The number of rotatable bonds is 2. The van der Waals surface area contributed by atoms with Gasteiger partial charge in [-0.15, -0.1) is 0 Å². The molecule has 1 aromatic carbocycles. The molecule has 1 heterocycles. The zero-order chi connectivity index (χ0) is 11.8. The quantitative estimate of drug-likeness (QED) is 0.843. The fraction of sp³-hybridized carbons (Fsp3) is 0.182. The highest BCUT2D eigenvalue weighted by atomic mass is 32.2. The maximum atomic E-state index is 11.5. The number of hydrogen-bond donors (Lipinski definition) is 1. The van der Waals surface area contributed by atoms with Crippen LogP contribution in [-0.4, -0.2) is 25.2 Å². The smallest absolute Gasteiger partial charge is 0.347 e. The Hall–Kier alpha value is -1.62. The Kier molecular flexibility index (Phi) is 2.55. The first-order valence-corrected chi connectivity index (χ1v) is 6.42. The van der Waals surface area contributed by atoms with Crippen LogP contribution in [0.1, 0.15) is 12.0 Å². The molecular weight excluding hydrogens is 228 g/mol. The molecular formula is C11H10O4S. The van der Waals surface area contributed by atoms with Gasteiger partial charge in [0.15, 0.2) is 14.7 Å². The molecule has 0 aromatic heterocycles. The number of benzene rings is 1. The maximum Gasteiger partial charge on any atom is 0.347 e. The fourth-order valence-corrected chi connectivity index (χ4v) is 3.35. The van der Waals surface area contributed by atoms with Crippen LogP contribution in [-0.2, 0) is 14.6 Å². The first kappa shape index (κ1) is 10.9. The van der Waals surface area contributed by atoms with Crippen LogP contribution in [0.2, 0.25) is 0 Å². The third-order valence-electron chi connectivity index (χ3n) is 2.52. The van der Waals surface area contributed by atoms with E-state index in [9.17, 15) is 13.2 Å². The molecule has 1 aliphatic heterocycles. The van der Waals surface area contributed by atoms with Crippen molar-refractivity contribution in [3.63, 3.8) is 0 Å². The van der Waals surface area contributed by atoms with Gasteiger partial charge in [0.2, 0.25) is 0 Å². The Morgan fingerprint density at radius 3 is 2.38 bits per heavy atom. The second-order valence-electron chi connectivity index (χ2n) is 3.55. The molecule has 0 unspecified atom stereocenters. The molecule has 0 atom stereocenters. The zero-order valence-electron chi connectivity index (χ0n) is 8.38. The van der Waals surface area contributed by atoms with Crippen molar-refractivity contribution < 1.29 is 18.3 Å². The molecule has 16 heavy (non-hydrogen) atoms. The van der Waals surface area contributed by atoms with Crippen molar-refractivity contribution >= 4 is 21.4 Å². The van der Waals surface area contributed by atoms with E-state index in [1.807, 2.05) is 0 Å². The van der Waals surface area contributed by atoms with Gasteiger partial charge in [0.05, 0.1) is 5.75 Å². The normalized spacial score (nSPS) is 18.8. The lowest BCUT2D eigenvalue weighted by atomic mass is 10.0. The first-order chi connectivity index (χ1) is 7.52. The standard InChI is InChI=1S/C11H10O4S/c12-11(13)10-9(6-7-16(10,14)15)8-4-2-1-3-5-8/h1-5H,6-7H2,(H,12,13). The minimum Gasteiger partial charge on any atom is -0.477 e. The highest BCUT2D eigenvalue weighted by Gasteiger charge is 2.34. The van der Waals surface area contributed by atoms with Crippen LogP contribution >= 0.6 is 0 Å². The lowest BCUT2D eigenvalue weighted by molar-refractivity contribution is -0.131. The minimum atomic E-state index is -3.60. The van der Waals surface area contributed by atoms with Gasteiger partial charge in [0.25, 0.3) is 0 Å². The first-order valence-electron chi connectivity index (χ1n) is 4.77. The summed E-state index contributed by atoms with van der Waals surface area (Å²) in [5, 5.41) is 8.94. The number of carboxylic acids is 1. The van der Waals surface area contributed by atoms with E-state index in [0.717, 1.165) is 0 Å². The summed E-state index contributed by atoms with van der Waals surface area (Å²) in [6, 6.07) is 8.76. The average molecular weight is 238 g/mol. The summed E-state index contributed by atoms with van der Waals surface area (Å²) in [7, 11) is -3.60. The summed E-state index contributed by atoms with van der Waals surface area (Å²) in [5.74, 6) is -1.48. The number of allylic oxidation sites excluding steroid dienone is 1. The molecule has 0 bridgehead atoms. The van der Waals surface area contributed by atoms with Gasteiger partial charge < -0.3 is 5.11 Å². The summed E-state index contributed by atoms with van der Waals surface area (Å²) >= 11 is 0. The molecule has 5 heteroatoms. The average Bonchev–Trinajstić information content (AvgIpc) is 2.55. The summed E-state index contributed by atoms with van der Waals surface area (Å²) in [4.78, 5) is 10.5. The van der Waals surface area contributed by atoms with E-state index >= 15 is 0 Å². The van der Waals surface area contributed by atoms with Crippen molar-refractivity contribution in [3.8, 4) is 0 Å². The van der Waals surface area contributed by atoms with Gasteiger partial charge in [0, 0.05) is 0 Å². The van der Waals surface area contributed by atoms with Crippen LogP contribution in [0, 0.1) is 0 Å². The lowest BCUT2D eigenvalue weighted by Gasteiger charge is -2.02. The van der Waals surface area contributed by atoms with Gasteiger partial charge in [-0.2, -0.15) is 0 Å². The molecule has 2 rings (SSSR count). The van der Waals surface area contributed by atoms with E-state index in [1.165, 1.54) is 0 Å². The summed E-state index contributed by atoms with van der Waals surface area (Å²) < 4.78 is 23.1. The fourth-order valence-electron chi connectivity index (χ4n) is 1.82. The molecule has 0 saturated heterocycles. The molecule has 4 nitrogen and oxygen atoms in total. The molecule has 0 fully saturated rings. The van der Waals surface area contributed by atoms with Crippen LogP contribution < -0.4 is 0 Å². The van der Waals surface area contributed by atoms with E-state index in [2.05, 4.69) is 0 Å². The highest BCUT2D eigenvalue weighted by molar-refractivity contribution is 7.96. The molecule has 0 spiro atoms. The van der Waals surface area contributed by atoms with Gasteiger partial charge in [0.1, 0.15) is 0 Å². The van der Waals surface area contributed by atoms with Gasteiger partial charge in [-0.05, 0) is 17.6 Å². The van der Waals surface area contributed by atoms with Crippen molar-refractivity contribution in [1.29, 1.82) is 0 Å². The van der Waals surface area contributed by atoms with Crippen molar-refractivity contribution in [2.24, 2.45) is 0 Å². The molecule has 84 valence electrons. The van der Waals surface area contributed by atoms with E-state index in [4.69, 9.17) is 5.11 Å².